The number of likely N-dealkylation sites (tertiary alicyclic amines) is 1. The van der Waals surface area contributed by atoms with Crippen molar-refractivity contribution in [1.82, 2.24) is 9.21 Å². The predicted molar refractivity (Wildman–Crippen MR) is 60.2 cm³/mol. The molecule has 0 N–H and O–H groups in total. The van der Waals surface area contributed by atoms with Gasteiger partial charge in [-0.1, -0.05) is 6.92 Å². The Morgan fingerprint density at radius 2 is 1.93 bits per heavy atom. The Morgan fingerprint density at radius 3 is 2.40 bits per heavy atom. The van der Waals surface area contributed by atoms with E-state index in [2.05, 4.69) is 11.8 Å². The smallest absolute Gasteiger partial charge is 0.211 e. The van der Waals surface area contributed by atoms with Gasteiger partial charge in [0, 0.05) is 31.6 Å². The second-order valence-corrected chi connectivity index (χ2v) is 7.04. The lowest BCUT2D eigenvalue weighted by atomic mass is 9.79. The van der Waals surface area contributed by atoms with Crippen LogP contribution < -0.4 is 0 Å². The molecule has 5 heteroatoms. The van der Waals surface area contributed by atoms with Crippen LogP contribution in [0.15, 0.2) is 0 Å². The minimum atomic E-state index is -2.96. The number of sulfonamides is 1. The van der Waals surface area contributed by atoms with Gasteiger partial charge in [-0.2, -0.15) is 0 Å². The molecule has 2 aliphatic rings. The maximum atomic E-state index is 11.4. The van der Waals surface area contributed by atoms with E-state index < -0.39 is 10.0 Å². The quantitative estimate of drug-likeness (QED) is 0.705. The van der Waals surface area contributed by atoms with Crippen molar-refractivity contribution < 1.29 is 8.42 Å². The number of hydrogen-bond donors (Lipinski definition) is 0. The van der Waals surface area contributed by atoms with Crippen molar-refractivity contribution in [2.45, 2.75) is 19.8 Å². The topological polar surface area (TPSA) is 40.6 Å². The Kier molecular flexibility index (Phi) is 2.81. The van der Waals surface area contributed by atoms with Crippen LogP contribution in [0.25, 0.3) is 0 Å². The monoisotopic (exact) mass is 232 g/mol. The Labute approximate surface area is 92.3 Å². The highest BCUT2D eigenvalue weighted by Crippen LogP contribution is 2.40. The lowest BCUT2D eigenvalue weighted by Gasteiger charge is -2.48. The van der Waals surface area contributed by atoms with E-state index in [9.17, 15) is 8.42 Å². The average molecular weight is 232 g/mol. The van der Waals surface area contributed by atoms with Gasteiger partial charge in [-0.05, 0) is 19.4 Å². The molecule has 1 spiro atoms. The van der Waals surface area contributed by atoms with Crippen molar-refractivity contribution in [2.75, 3.05) is 39.0 Å². The zero-order chi connectivity index (χ0) is 11.1. The third-order valence-corrected chi connectivity index (χ3v) is 4.78. The Morgan fingerprint density at radius 1 is 1.27 bits per heavy atom. The average Bonchev–Trinajstić information content (AvgIpc) is 2.47. The van der Waals surface area contributed by atoms with Gasteiger partial charge in [0.1, 0.15) is 0 Å². The van der Waals surface area contributed by atoms with Crippen LogP contribution in [0.4, 0.5) is 0 Å². The maximum absolute atomic E-state index is 11.4. The third kappa shape index (κ3) is 2.19. The minimum absolute atomic E-state index is 0.290. The van der Waals surface area contributed by atoms with Crippen molar-refractivity contribution in [1.29, 1.82) is 0 Å². The molecule has 0 aliphatic carbocycles. The summed E-state index contributed by atoms with van der Waals surface area (Å²) in [4.78, 5) is 2.42. The van der Waals surface area contributed by atoms with Gasteiger partial charge in [-0.25, -0.2) is 12.7 Å². The molecule has 2 aliphatic heterocycles. The van der Waals surface area contributed by atoms with E-state index in [-0.39, 0.29) is 5.41 Å². The Balaban J connectivity index is 1.90. The van der Waals surface area contributed by atoms with Gasteiger partial charge in [0.2, 0.25) is 10.0 Å². The molecule has 0 bridgehead atoms. The molecule has 4 nitrogen and oxygen atoms in total. The highest BCUT2D eigenvalue weighted by Gasteiger charge is 2.48. The molecular weight excluding hydrogens is 212 g/mol. The Hall–Kier alpha value is -0.130. The first-order valence-corrected chi connectivity index (χ1v) is 7.47. The maximum Gasteiger partial charge on any atom is 0.211 e. The zero-order valence-electron chi connectivity index (χ0n) is 9.57. The van der Waals surface area contributed by atoms with Crippen LogP contribution in [0.5, 0.6) is 0 Å². The van der Waals surface area contributed by atoms with Crippen molar-refractivity contribution in [3.8, 4) is 0 Å². The van der Waals surface area contributed by atoms with Gasteiger partial charge in [-0.15, -0.1) is 0 Å². The molecule has 0 aromatic heterocycles. The van der Waals surface area contributed by atoms with Gasteiger partial charge in [0.05, 0.1) is 6.26 Å². The summed E-state index contributed by atoms with van der Waals surface area (Å²) in [6.07, 6.45) is 3.54. The molecule has 0 amide bonds. The largest absolute Gasteiger partial charge is 0.302 e. The van der Waals surface area contributed by atoms with Crippen molar-refractivity contribution >= 4 is 10.0 Å². The van der Waals surface area contributed by atoms with Gasteiger partial charge in [0.15, 0.2) is 0 Å². The summed E-state index contributed by atoms with van der Waals surface area (Å²) < 4.78 is 24.4. The molecule has 0 radical (unpaired) electrons. The molecule has 0 aromatic rings. The fourth-order valence-corrected chi connectivity index (χ4v) is 3.74. The molecule has 0 atom stereocenters. The minimum Gasteiger partial charge on any atom is -0.302 e. The van der Waals surface area contributed by atoms with E-state index in [0.717, 1.165) is 39.1 Å². The van der Waals surface area contributed by atoms with Crippen LogP contribution in [0.3, 0.4) is 0 Å². The normalized spacial score (nSPS) is 27.1. The van der Waals surface area contributed by atoms with Crippen LogP contribution in [-0.4, -0.2) is 56.6 Å². The fourth-order valence-electron chi connectivity index (χ4n) is 2.81. The SMILES string of the molecule is CCCN1CC2(CCN(S(C)(=O)=O)C2)C1. The first kappa shape index (κ1) is 11.4. The van der Waals surface area contributed by atoms with E-state index >= 15 is 0 Å². The highest BCUT2D eigenvalue weighted by atomic mass is 32.2. The van der Waals surface area contributed by atoms with E-state index in [1.165, 1.54) is 12.7 Å². The van der Waals surface area contributed by atoms with Crippen LogP contribution in [0.1, 0.15) is 19.8 Å². The first-order valence-electron chi connectivity index (χ1n) is 5.63. The predicted octanol–water partition coefficient (Wildman–Crippen LogP) is 0.364. The van der Waals surface area contributed by atoms with E-state index in [0.29, 0.717) is 0 Å². The number of hydrogen-bond acceptors (Lipinski definition) is 3. The lowest BCUT2D eigenvalue weighted by molar-refractivity contribution is 0.0135. The summed E-state index contributed by atoms with van der Waals surface area (Å²) in [5.41, 5.74) is 0.290. The summed E-state index contributed by atoms with van der Waals surface area (Å²) in [5.74, 6) is 0. The van der Waals surface area contributed by atoms with E-state index in [1.54, 1.807) is 4.31 Å². The van der Waals surface area contributed by atoms with Gasteiger partial charge in [0.25, 0.3) is 0 Å². The van der Waals surface area contributed by atoms with Gasteiger partial charge in [-0.3, -0.25) is 0 Å². The van der Waals surface area contributed by atoms with E-state index in [4.69, 9.17) is 0 Å². The molecule has 2 fully saturated rings. The van der Waals surface area contributed by atoms with E-state index in [1.807, 2.05) is 0 Å². The molecular formula is C10H20N2O2S. The van der Waals surface area contributed by atoms with Crippen molar-refractivity contribution in [3.05, 3.63) is 0 Å². The Bertz CT molecular complexity index is 333. The molecule has 2 saturated heterocycles. The van der Waals surface area contributed by atoms with Crippen LogP contribution in [0, 0.1) is 5.41 Å². The lowest BCUT2D eigenvalue weighted by Crippen LogP contribution is -2.57. The highest BCUT2D eigenvalue weighted by molar-refractivity contribution is 7.88. The molecule has 0 saturated carbocycles. The summed E-state index contributed by atoms with van der Waals surface area (Å²) in [6.45, 7) is 6.98. The van der Waals surface area contributed by atoms with Crippen molar-refractivity contribution in [3.63, 3.8) is 0 Å². The summed E-state index contributed by atoms with van der Waals surface area (Å²) in [5, 5.41) is 0. The fraction of sp³-hybridized carbons (Fsp3) is 1.00. The van der Waals surface area contributed by atoms with Crippen molar-refractivity contribution in [2.24, 2.45) is 5.41 Å². The standard InChI is InChI=1S/C10H20N2O2S/c1-3-5-11-7-10(8-11)4-6-12(9-10)15(2,13)14/h3-9H2,1-2H3. The summed E-state index contributed by atoms with van der Waals surface area (Å²) in [7, 11) is -2.96. The first-order chi connectivity index (χ1) is 6.95. The van der Waals surface area contributed by atoms with Gasteiger partial charge < -0.3 is 4.90 Å². The molecule has 88 valence electrons. The molecule has 15 heavy (non-hydrogen) atoms. The second-order valence-electron chi connectivity index (χ2n) is 5.06. The van der Waals surface area contributed by atoms with Crippen LogP contribution >= 0.6 is 0 Å². The third-order valence-electron chi connectivity index (χ3n) is 3.53. The van der Waals surface area contributed by atoms with Crippen LogP contribution in [-0.2, 0) is 10.0 Å². The zero-order valence-corrected chi connectivity index (χ0v) is 10.4. The molecule has 0 aromatic carbocycles. The number of rotatable bonds is 3. The summed E-state index contributed by atoms with van der Waals surface area (Å²) in [6, 6.07) is 0. The molecule has 2 heterocycles. The second kappa shape index (κ2) is 3.71. The number of nitrogens with zero attached hydrogens (tertiary/aromatic N) is 2. The molecule has 2 rings (SSSR count). The summed E-state index contributed by atoms with van der Waals surface area (Å²) >= 11 is 0. The molecule has 0 unspecified atom stereocenters. The van der Waals surface area contributed by atoms with Crippen LogP contribution in [0.2, 0.25) is 0 Å². The van der Waals surface area contributed by atoms with Gasteiger partial charge >= 0.3 is 0 Å².